The lowest BCUT2D eigenvalue weighted by Gasteiger charge is -2.51. The summed E-state index contributed by atoms with van der Waals surface area (Å²) in [6.07, 6.45) is -73.9. The Morgan fingerprint density at radius 2 is 0.895 bits per heavy atom. The quantitative estimate of drug-likeness (QED) is 0.0306. The predicted octanol–water partition coefficient (Wildman–Crippen LogP) is -17.0. The molecule has 7 heterocycles. The number of aliphatic hydroxyl groups is 22. The summed E-state index contributed by atoms with van der Waals surface area (Å²) < 4.78 is 82.8. The molecule has 46 nitrogen and oxygen atoms in total. The minimum absolute atomic E-state index is 0.872. The molecule has 105 heavy (non-hydrogen) atoms. The Morgan fingerprint density at radius 3 is 1.39 bits per heavy atom. The average Bonchev–Trinajstić information content (AvgIpc) is 0.757. The number of carboxylic acid groups (broad SMARTS) is 1. The van der Waals surface area contributed by atoms with Gasteiger partial charge in [-0.25, -0.2) is 4.79 Å². The summed E-state index contributed by atoms with van der Waals surface area (Å²) in [5.74, 6) is -9.24. The molecule has 7 fully saturated rings. The first-order valence-electron chi connectivity index (χ1n) is 33.4. The SMILES string of the molecule is CC(=O)N[C@H]1[C@H](OC[C@@H](O)[C@H](O)[C@H](O[C@@H]2O[C@H](CO)[C@@H](O)[C@H](O[C@@H]3O[C@H](CO)[C@H](O)[C@H](O)[C@H]3O[C@@H]3O[C@@H](C)[C@@H](O)[C@@H](O)[C@@H]3O)[C@H]2NC(C)=O)[C@H](CO)NC(C)=O)O[C@H](CO)[C@@H](O[C@@H]2O[C@H](CO)[C@H](O)[C@H](O[C@]3(C(=O)O)C[C@H](O)[C@@H](NC(C)=O)[C@H]([C@H](O)[C@H](O)CO)O3)[C@H]2O)[C@@H]1O[C@@H]1O[C@@H](C)[C@@H](O)[C@@H](O)[C@@H]1O. The molecule has 608 valence electrons. The molecule has 0 aromatic heterocycles. The van der Waals surface area contributed by atoms with Crippen molar-refractivity contribution in [1.82, 2.24) is 21.3 Å². The third kappa shape index (κ3) is 20.2. The number of carbonyl (C=O) groups is 5. The Balaban J connectivity index is 1.21. The maximum absolute atomic E-state index is 13.4. The predicted molar refractivity (Wildman–Crippen MR) is 327 cm³/mol. The van der Waals surface area contributed by atoms with Gasteiger partial charge in [-0.15, -0.1) is 0 Å². The Labute approximate surface area is 596 Å². The van der Waals surface area contributed by atoms with Gasteiger partial charge in [0, 0.05) is 34.1 Å². The van der Waals surface area contributed by atoms with Gasteiger partial charge in [0.15, 0.2) is 37.7 Å². The van der Waals surface area contributed by atoms with Crippen LogP contribution in [-0.2, 0) is 90.3 Å². The summed E-state index contributed by atoms with van der Waals surface area (Å²) in [7, 11) is 0. The van der Waals surface area contributed by atoms with Crippen molar-refractivity contribution < 1.29 is 208 Å². The zero-order valence-corrected chi connectivity index (χ0v) is 57.2. The molecule has 0 radical (unpaired) electrons. The summed E-state index contributed by atoms with van der Waals surface area (Å²) in [5, 5.41) is 263. The second kappa shape index (κ2) is 38.2. The van der Waals surface area contributed by atoms with E-state index in [9.17, 15) is 141 Å². The molecular formula is C59H100N4O42. The van der Waals surface area contributed by atoms with E-state index in [-0.39, 0.29) is 0 Å². The van der Waals surface area contributed by atoms with Crippen LogP contribution in [0.25, 0.3) is 0 Å². The van der Waals surface area contributed by atoms with E-state index >= 15 is 0 Å². The molecule has 7 saturated heterocycles. The Bertz CT molecular complexity index is 2780. The van der Waals surface area contributed by atoms with Crippen LogP contribution in [0.2, 0.25) is 0 Å². The monoisotopic (exact) mass is 1540 g/mol. The second-order valence-corrected chi connectivity index (χ2v) is 26.5. The molecule has 0 aliphatic carbocycles. The van der Waals surface area contributed by atoms with Crippen LogP contribution in [0.4, 0.5) is 0 Å². The first-order valence-corrected chi connectivity index (χ1v) is 33.4. The maximum Gasteiger partial charge on any atom is 0.364 e. The molecule has 0 aromatic carbocycles. The first-order chi connectivity index (χ1) is 49.3. The van der Waals surface area contributed by atoms with Crippen LogP contribution < -0.4 is 21.3 Å². The van der Waals surface area contributed by atoms with Crippen LogP contribution in [0.1, 0.15) is 48.0 Å². The molecule has 0 unspecified atom stereocenters. The van der Waals surface area contributed by atoms with Crippen LogP contribution in [0.5, 0.6) is 0 Å². The molecule has 40 atom stereocenters. The smallest absolute Gasteiger partial charge is 0.364 e. The largest absolute Gasteiger partial charge is 0.477 e. The number of nitrogens with one attached hydrogen (secondary N) is 4. The fraction of sp³-hybridized carbons (Fsp3) is 0.915. The van der Waals surface area contributed by atoms with Crippen molar-refractivity contribution in [2.75, 3.05) is 46.2 Å². The van der Waals surface area contributed by atoms with Crippen LogP contribution in [0.3, 0.4) is 0 Å². The minimum Gasteiger partial charge on any atom is -0.477 e. The van der Waals surface area contributed by atoms with E-state index in [0.717, 1.165) is 27.7 Å². The van der Waals surface area contributed by atoms with E-state index in [4.69, 9.17) is 66.3 Å². The van der Waals surface area contributed by atoms with Gasteiger partial charge < -0.3 is 205 Å². The highest BCUT2D eigenvalue weighted by molar-refractivity contribution is 5.77. The van der Waals surface area contributed by atoms with Gasteiger partial charge in [0.2, 0.25) is 23.6 Å². The lowest BCUT2D eigenvalue weighted by Crippen LogP contribution is -2.71. The number of aliphatic carboxylic acids is 1. The molecule has 7 aliphatic rings. The fourth-order valence-corrected chi connectivity index (χ4v) is 13.2. The van der Waals surface area contributed by atoms with Crippen molar-refractivity contribution in [3.8, 4) is 0 Å². The Hall–Kier alpha value is -4.09. The van der Waals surface area contributed by atoms with Gasteiger partial charge in [0.25, 0.3) is 5.79 Å². The van der Waals surface area contributed by atoms with Crippen LogP contribution in [-0.4, -0.2) is 438 Å². The highest BCUT2D eigenvalue weighted by Gasteiger charge is 2.62. The van der Waals surface area contributed by atoms with Gasteiger partial charge in [0.1, 0.15) is 171 Å². The number of ether oxygens (including phenoxy) is 14. The molecule has 0 aromatic rings. The molecule has 46 heteroatoms. The first kappa shape index (κ1) is 88.1. The molecular weight excluding hydrogens is 1440 g/mol. The molecule has 0 spiro atoms. The van der Waals surface area contributed by atoms with Crippen molar-refractivity contribution in [3.05, 3.63) is 0 Å². The number of carboxylic acids is 1. The van der Waals surface area contributed by atoms with E-state index in [2.05, 4.69) is 21.3 Å². The third-order valence-electron chi connectivity index (χ3n) is 18.8. The number of carbonyl (C=O) groups excluding carboxylic acids is 4. The molecule has 0 saturated carbocycles. The normalized spacial score (nSPS) is 44.4. The van der Waals surface area contributed by atoms with E-state index in [1.165, 1.54) is 13.8 Å². The highest BCUT2D eigenvalue weighted by Crippen LogP contribution is 2.41. The van der Waals surface area contributed by atoms with Gasteiger partial charge in [-0.2, -0.15) is 0 Å². The zero-order valence-electron chi connectivity index (χ0n) is 57.2. The second-order valence-electron chi connectivity index (χ2n) is 26.5. The van der Waals surface area contributed by atoms with Gasteiger partial charge in [-0.3, -0.25) is 19.2 Å². The standard InChI is InChI=1S/C59H100N4O42/c1-15-32(77)39(84)42(87)54(93-15)102-49-31(63-20(6)73)52(98-28(13-69)46(49)100-56-44(89)50(38(83)27(12-68)96-56)105-59(58(90)91)7-22(74)29(61-18(4)71)48(104-59)34(79)23(75)9-65)92-14-24(76)35(80)45(21(8-64)60-17(3)70)99-53-30(62-19(5)72)47(37(82)26(11-67)95-53)101-57-51(41(86)36(81)25(10-66)97-57)103-55-43(88)40(85)33(78)16(2)94-55/h15-16,21-57,64-69,74-89H,7-14H2,1-6H3,(H,60,70)(H,61,71)(H,62,72)(H,63,73)(H,90,91)/t15-,16-,21-,22-,23+,24+,25+,26+,27+,28+,29+,30+,31+,32+,33+,34+,35-,36-,37+,38-,39+,40+,41-,42-,43-,44+,45+,46+,47+,48+,49+,50-,51+,52+,53-,54-,55-,56-,57-,59-/m0/s1. The molecule has 7 rings (SSSR count). The number of hydrogen-bond donors (Lipinski definition) is 27. The Morgan fingerprint density at radius 1 is 0.448 bits per heavy atom. The van der Waals surface area contributed by atoms with E-state index in [1.807, 2.05) is 0 Å². The van der Waals surface area contributed by atoms with Crippen LogP contribution >= 0.6 is 0 Å². The molecule has 27 N–H and O–H groups in total. The van der Waals surface area contributed by atoms with Crippen molar-refractivity contribution in [2.45, 2.75) is 293 Å². The summed E-state index contributed by atoms with van der Waals surface area (Å²) in [4.78, 5) is 64.8. The summed E-state index contributed by atoms with van der Waals surface area (Å²) in [5.41, 5.74) is 0. The van der Waals surface area contributed by atoms with Crippen molar-refractivity contribution in [1.29, 1.82) is 0 Å². The van der Waals surface area contributed by atoms with Gasteiger partial charge >= 0.3 is 5.97 Å². The number of rotatable bonds is 31. The van der Waals surface area contributed by atoms with Gasteiger partial charge in [0.05, 0.1) is 76.6 Å². The van der Waals surface area contributed by atoms with Crippen molar-refractivity contribution in [2.24, 2.45) is 0 Å². The van der Waals surface area contributed by atoms with E-state index in [0.29, 0.717) is 0 Å². The summed E-state index contributed by atoms with van der Waals surface area (Å²) >= 11 is 0. The maximum atomic E-state index is 13.4. The third-order valence-corrected chi connectivity index (χ3v) is 18.8. The van der Waals surface area contributed by atoms with E-state index in [1.54, 1.807) is 0 Å². The molecule has 0 bridgehead atoms. The number of hydrogen-bond acceptors (Lipinski definition) is 41. The zero-order chi connectivity index (χ0) is 78.3. The van der Waals surface area contributed by atoms with Gasteiger partial charge in [-0.1, -0.05) is 0 Å². The average molecular weight is 1540 g/mol. The summed E-state index contributed by atoms with van der Waals surface area (Å²) in [6.45, 7) is -2.06. The lowest BCUT2D eigenvalue weighted by atomic mass is 9.88. The molecule has 4 amide bonds. The fourth-order valence-electron chi connectivity index (χ4n) is 13.2. The Kier molecular flexibility index (Phi) is 32.1. The topological polar surface area (TPSA) is 728 Å². The highest BCUT2D eigenvalue weighted by atomic mass is 16.8. The van der Waals surface area contributed by atoms with E-state index < -0.39 is 327 Å². The van der Waals surface area contributed by atoms with Crippen molar-refractivity contribution in [3.63, 3.8) is 0 Å². The van der Waals surface area contributed by atoms with Gasteiger partial charge in [-0.05, 0) is 13.8 Å². The minimum atomic E-state index is -3.31. The summed E-state index contributed by atoms with van der Waals surface area (Å²) in [6, 6.07) is -7.55. The number of aliphatic hydroxyl groups excluding tert-OH is 22. The van der Waals surface area contributed by atoms with Crippen LogP contribution in [0.15, 0.2) is 0 Å². The molecule has 7 aliphatic heterocycles. The van der Waals surface area contributed by atoms with Crippen LogP contribution in [0, 0.1) is 0 Å². The lowest BCUT2D eigenvalue weighted by molar-refractivity contribution is -0.391. The van der Waals surface area contributed by atoms with Crippen molar-refractivity contribution >= 4 is 29.6 Å². The number of amides is 4.